The van der Waals surface area contributed by atoms with E-state index in [1.54, 1.807) is 0 Å². The maximum Gasteiger partial charge on any atom is 0.236 e. The fourth-order valence-electron chi connectivity index (χ4n) is 3.63. The molecule has 0 aliphatic carbocycles. The summed E-state index contributed by atoms with van der Waals surface area (Å²) in [5, 5.41) is 0. The first-order valence-electron chi connectivity index (χ1n) is 9.05. The Kier molecular flexibility index (Phi) is 5.68. The van der Waals surface area contributed by atoms with Gasteiger partial charge in [-0.25, -0.2) is 4.98 Å². The van der Waals surface area contributed by atoms with E-state index in [-0.39, 0.29) is 11.9 Å². The number of likely N-dealkylation sites (tertiary alicyclic amines) is 1. The van der Waals surface area contributed by atoms with Gasteiger partial charge in [0.05, 0.1) is 6.54 Å². The largest absolute Gasteiger partial charge is 0.354 e. The monoisotopic (exact) mass is 331 g/mol. The van der Waals surface area contributed by atoms with Crippen LogP contribution in [0.4, 0.5) is 5.82 Å². The third kappa shape index (κ3) is 4.24. The Morgan fingerprint density at radius 2 is 2.08 bits per heavy atom. The summed E-state index contributed by atoms with van der Waals surface area (Å²) in [6, 6.07) is 6.17. The maximum atomic E-state index is 12.6. The molecule has 2 aliphatic heterocycles. The van der Waals surface area contributed by atoms with Gasteiger partial charge >= 0.3 is 0 Å². The van der Waals surface area contributed by atoms with Crippen LogP contribution in [0.3, 0.4) is 0 Å². The number of hydrogen-bond donors (Lipinski definition) is 1. The zero-order valence-electron chi connectivity index (χ0n) is 14.6. The van der Waals surface area contributed by atoms with E-state index in [1.807, 2.05) is 29.3 Å². The summed E-state index contributed by atoms with van der Waals surface area (Å²) in [5.41, 5.74) is 6.02. The Labute approximate surface area is 144 Å². The Balaban J connectivity index is 1.46. The Morgan fingerprint density at radius 1 is 1.29 bits per heavy atom. The molecular formula is C18H29N5O. The predicted octanol–water partition coefficient (Wildman–Crippen LogP) is 0.789. The normalized spacial score (nSPS) is 24.0. The van der Waals surface area contributed by atoms with E-state index >= 15 is 0 Å². The van der Waals surface area contributed by atoms with Gasteiger partial charge in [0.15, 0.2) is 0 Å². The molecule has 2 N–H and O–H groups in total. The van der Waals surface area contributed by atoms with Crippen LogP contribution in [0.15, 0.2) is 24.4 Å². The minimum absolute atomic E-state index is 0.169. The number of rotatable bonds is 4. The molecule has 0 saturated carbocycles. The SMILES string of the molecule is CC(N)C1CCCN(C(=O)CN2CCN(c3ccccn3)CC2)C1. The number of piperidine rings is 1. The summed E-state index contributed by atoms with van der Waals surface area (Å²) in [6.07, 6.45) is 4.05. The van der Waals surface area contributed by atoms with Gasteiger partial charge in [0, 0.05) is 51.5 Å². The van der Waals surface area contributed by atoms with E-state index in [1.165, 1.54) is 0 Å². The summed E-state index contributed by atoms with van der Waals surface area (Å²) < 4.78 is 0. The van der Waals surface area contributed by atoms with Crippen molar-refractivity contribution in [3.05, 3.63) is 24.4 Å². The van der Waals surface area contributed by atoms with Gasteiger partial charge in [0.1, 0.15) is 5.82 Å². The quantitative estimate of drug-likeness (QED) is 0.884. The van der Waals surface area contributed by atoms with E-state index in [0.29, 0.717) is 12.5 Å². The van der Waals surface area contributed by atoms with Crippen molar-refractivity contribution in [3.8, 4) is 0 Å². The van der Waals surface area contributed by atoms with Crippen LogP contribution in [0.5, 0.6) is 0 Å². The second kappa shape index (κ2) is 7.94. The Bertz CT molecular complexity index is 527. The molecule has 6 heteroatoms. The van der Waals surface area contributed by atoms with Crippen molar-refractivity contribution in [2.45, 2.75) is 25.8 Å². The van der Waals surface area contributed by atoms with Crippen LogP contribution < -0.4 is 10.6 Å². The van der Waals surface area contributed by atoms with Crippen LogP contribution >= 0.6 is 0 Å². The lowest BCUT2D eigenvalue weighted by Gasteiger charge is -2.38. The van der Waals surface area contributed by atoms with Crippen molar-refractivity contribution >= 4 is 11.7 Å². The molecule has 2 unspecified atom stereocenters. The van der Waals surface area contributed by atoms with Gasteiger partial charge in [0.2, 0.25) is 5.91 Å². The van der Waals surface area contributed by atoms with E-state index in [9.17, 15) is 4.79 Å². The minimum atomic E-state index is 0.169. The average molecular weight is 331 g/mol. The van der Waals surface area contributed by atoms with Gasteiger partial charge in [0.25, 0.3) is 0 Å². The van der Waals surface area contributed by atoms with Crippen LogP contribution in [0.1, 0.15) is 19.8 Å². The molecular weight excluding hydrogens is 302 g/mol. The fraction of sp³-hybridized carbons (Fsp3) is 0.667. The van der Waals surface area contributed by atoms with E-state index in [2.05, 4.69) is 21.7 Å². The first-order chi connectivity index (χ1) is 11.6. The molecule has 132 valence electrons. The van der Waals surface area contributed by atoms with Crippen LogP contribution in [0.25, 0.3) is 0 Å². The second-order valence-corrected chi connectivity index (χ2v) is 7.05. The average Bonchev–Trinajstić information content (AvgIpc) is 2.63. The molecule has 0 aromatic carbocycles. The highest BCUT2D eigenvalue weighted by atomic mass is 16.2. The third-order valence-corrected chi connectivity index (χ3v) is 5.26. The minimum Gasteiger partial charge on any atom is -0.354 e. The van der Waals surface area contributed by atoms with Crippen LogP contribution in [0.2, 0.25) is 0 Å². The number of carbonyl (C=O) groups excluding carboxylic acids is 1. The second-order valence-electron chi connectivity index (χ2n) is 7.05. The summed E-state index contributed by atoms with van der Waals surface area (Å²) in [4.78, 5) is 23.6. The van der Waals surface area contributed by atoms with Crippen molar-refractivity contribution in [2.75, 3.05) is 50.7 Å². The number of anilines is 1. The first-order valence-corrected chi connectivity index (χ1v) is 9.05. The van der Waals surface area contributed by atoms with Crippen molar-refractivity contribution in [2.24, 2.45) is 11.7 Å². The van der Waals surface area contributed by atoms with Crippen molar-refractivity contribution in [3.63, 3.8) is 0 Å². The molecule has 3 rings (SSSR count). The number of carbonyl (C=O) groups is 1. The molecule has 2 fully saturated rings. The van der Waals surface area contributed by atoms with E-state index < -0.39 is 0 Å². The summed E-state index contributed by atoms with van der Waals surface area (Å²) >= 11 is 0. The van der Waals surface area contributed by atoms with E-state index in [0.717, 1.165) is 57.9 Å². The zero-order chi connectivity index (χ0) is 16.9. The number of nitrogens with zero attached hydrogens (tertiary/aromatic N) is 4. The topological polar surface area (TPSA) is 65.7 Å². The van der Waals surface area contributed by atoms with Gasteiger partial charge in [-0.2, -0.15) is 0 Å². The fourth-order valence-corrected chi connectivity index (χ4v) is 3.63. The molecule has 2 saturated heterocycles. The van der Waals surface area contributed by atoms with Crippen molar-refractivity contribution in [1.82, 2.24) is 14.8 Å². The number of pyridine rings is 1. The van der Waals surface area contributed by atoms with Crippen LogP contribution in [-0.2, 0) is 4.79 Å². The maximum absolute atomic E-state index is 12.6. The summed E-state index contributed by atoms with van der Waals surface area (Å²) in [5.74, 6) is 1.73. The number of amides is 1. The molecule has 6 nitrogen and oxygen atoms in total. The lowest BCUT2D eigenvalue weighted by Crippen LogP contribution is -2.52. The highest BCUT2D eigenvalue weighted by Gasteiger charge is 2.27. The summed E-state index contributed by atoms with van der Waals surface area (Å²) in [6.45, 7) is 7.96. The van der Waals surface area contributed by atoms with Gasteiger partial charge in [-0.1, -0.05) is 6.07 Å². The molecule has 2 aliphatic rings. The predicted molar refractivity (Wildman–Crippen MR) is 95.8 cm³/mol. The molecule has 1 aromatic rings. The number of piperazine rings is 1. The van der Waals surface area contributed by atoms with Crippen molar-refractivity contribution in [1.29, 1.82) is 0 Å². The molecule has 1 amide bonds. The van der Waals surface area contributed by atoms with E-state index in [4.69, 9.17) is 5.73 Å². The molecule has 2 atom stereocenters. The lowest BCUT2D eigenvalue weighted by atomic mass is 9.92. The van der Waals surface area contributed by atoms with Crippen molar-refractivity contribution < 1.29 is 4.79 Å². The standard InChI is InChI=1S/C18H29N5O/c1-15(19)16-5-4-8-23(13-16)18(24)14-21-9-11-22(12-10-21)17-6-2-3-7-20-17/h2-3,6-7,15-16H,4-5,8-14,19H2,1H3. The van der Waals surface area contributed by atoms with Crippen LogP contribution in [0, 0.1) is 5.92 Å². The van der Waals surface area contributed by atoms with Crippen LogP contribution in [-0.4, -0.2) is 72.5 Å². The smallest absolute Gasteiger partial charge is 0.236 e. The molecule has 3 heterocycles. The highest BCUT2D eigenvalue weighted by molar-refractivity contribution is 5.78. The first kappa shape index (κ1) is 17.2. The Morgan fingerprint density at radius 3 is 2.75 bits per heavy atom. The molecule has 0 spiro atoms. The summed E-state index contributed by atoms with van der Waals surface area (Å²) in [7, 11) is 0. The molecule has 1 aromatic heterocycles. The molecule has 0 radical (unpaired) electrons. The number of hydrogen-bond acceptors (Lipinski definition) is 5. The number of nitrogens with two attached hydrogens (primary N) is 1. The Hall–Kier alpha value is -1.66. The zero-order valence-corrected chi connectivity index (χ0v) is 14.6. The van der Waals surface area contributed by atoms with Gasteiger partial charge in [-0.15, -0.1) is 0 Å². The number of aromatic nitrogens is 1. The lowest BCUT2D eigenvalue weighted by molar-refractivity contribution is -0.134. The van der Waals surface area contributed by atoms with Gasteiger partial charge in [-0.3, -0.25) is 9.69 Å². The molecule has 24 heavy (non-hydrogen) atoms. The van der Waals surface area contributed by atoms with Gasteiger partial charge < -0.3 is 15.5 Å². The third-order valence-electron chi connectivity index (χ3n) is 5.26. The van der Waals surface area contributed by atoms with Gasteiger partial charge in [-0.05, 0) is 37.8 Å². The molecule has 0 bridgehead atoms. The highest BCUT2D eigenvalue weighted by Crippen LogP contribution is 2.19.